The molecule has 0 atom stereocenters. The second-order valence-electron chi connectivity index (χ2n) is 1.94. The zero-order valence-electron chi connectivity index (χ0n) is 5.56. The second-order valence-corrected chi connectivity index (χ2v) is 3.10. The first kappa shape index (κ1) is 7.91. The van der Waals surface area contributed by atoms with Crippen LogP contribution in [0.1, 0.15) is 12.6 Å². The highest BCUT2D eigenvalue weighted by molar-refractivity contribution is 14.1. The van der Waals surface area contributed by atoms with Crippen molar-refractivity contribution in [3.05, 3.63) is 27.3 Å². The third-order valence-corrected chi connectivity index (χ3v) is 2.15. The molecule has 0 saturated heterocycles. The monoisotopic (exact) mass is 251 g/mol. The third-order valence-electron chi connectivity index (χ3n) is 1.22. The van der Waals surface area contributed by atoms with E-state index in [1.807, 2.05) is 6.92 Å². The first-order valence-electron chi connectivity index (χ1n) is 3.04. The Hall–Kier alpha value is -0.190. The van der Waals surface area contributed by atoms with Crippen LogP contribution in [0.4, 0.5) is 4.39 Å². The molecule has 10 heavy (non-hydrogen) atoms. The summed E-state index contributed by atoms with van der Waals surface area (Å²) in [5.41, 5.74) is 0.960. The van der Waals surface area contributed by atoms with Gasteiger partial charge in [0.15, 0.2) is 0 Å². The largest absolute Gasteiger partial charge is 0.257 e. The van der Waals surface area contributed by atoms with Crippen molar-refractivity contribution in [2.24, 2.45) is 0 Å². The van der Waals surface area contributed by atoms with Gasteiger partial charge in [0, 0.05) is 3.57 Å². The summed E-state index contributed by atoms with van der Waals surface area (Å²) in [5.74, 6) is -0.262. The summed E-state index contributed by atoms with van der Waals surface area (Å²) in [7, 11) is 0. The van der Waals surface area contributed by atoms with Crippen LogP contribution in [0.15, 0.2) is 12.3 Å². The van der Waals surface area contributed by atoms with Crippen molar-refractivity contribution in [2.75, 3.05) is 0 Å². The number of hydrogen-bond donors (Lipinski definition) is 0. The fourth-order valence-electron chi connectivity index (χ4n) is 0.703. The Morgan fingerprint density at radius 3 is 2.90 bits per heavy atom. The molecule has 0 aliphatic carbocycles. The molecular formula is C7H7FIN. The summed E-state index contributed by atoms with van der Waals surface area (Å²) in [6, 6.07) is 1.49. The smallest absolute Gasteiger partial charge is 0.142 e. The summed E-state index contributed by atoms with van der Waals surface area (Å²) in [6.07, 6.45) is 2.11. The summed E-state index contributed by atoms with van der Waals surface area (Å²) >= 11 is 2.08. The van der Waals surface area contributed by atoms with Gasteiger partial charge in [0.1, 0.15) is 5.82 Å². The second kappa shape index (κ2) is 3.27. The standard InChI is InChI=1S/C7H7FIN/c1-2-7-6(9)3-5(8)4-10-7/h3-4H,2H2,1H3. The van der Waals surface area contributed by atoms with Crippen LogP contribution in [0.2, 0.25) is 0 Å². The minimum absolute atomic E-state index is 0.262. The highest BCUT2D eigenvalue weighted by Crippen LogP contribution is 2.10. The lowest BCUT2D eigenvalue weighted by Crippen LogP contribution is -1.91. The van der Waals surface area contributed by atoms with E-state index in [9.17, 15) is 4.39 Å². The van der Waals surface area contributed by atoms with Gasteiger partial charge in [0.05, 0.1) is 11.9 Å². The number of aromatic nitrogens is 1. The molecule has 0 bridgehead atoms. The summed E-state index contributed by atoms with van der Waals surface area (Å²) in [5, 5.41) is 0. The lowest BCUT2D eigenvalue weighted by molar-refractivity contribution is 0.618. The van der Waals surface area contributed by atoms with E-state index < -0.39 is 0 Å². The Kier molecular flexibility index (Phi) is 2.59. The van der Waals surface area contributed by atoms with Crippen LogP contribution in [0.3, 0.4) is 0 Å². The van der Waals surface area contributed by atoms with Crippen molar-refractivity contribution < 1.29 is 4.39 Å². The minimum atomic E-state index is -0.262. The molecule has 0 aromatic carbocycles. The molecular weight excluding hydrogens is 244 g/mol. The number of aryl methyl sites for hydroxylation is 1. The van der Waals surface area contributed by atoms with Gasteiger partial charge in [0.2, 0.25) is 0 Å². The van der Waals surface area contributed by atoms with Crippen LogP contribution < -0.4 is 0 Å². The van der Waals surface area contributed by atoms with Crippen LogP contribution in [-0.4, -0.2) is 4.98 Å². The molecule has 1 aromatic rings. The first-order valence-corrected chi connectivity index (χ1v) is 4.12. The Bertz CT molecular complexity index is 237. The molecule has 0 unspecified atom stereocenters. The maximum absolute atomic E-state index is 12.4. The van der Waals surface area contributed by atoms with Gasteiger partial charge < -0.3 is 0 Å². The van der Waals surface area contributed by atoms with Crippen molar-refractivity contribution in [1.29, 1.82) is 0 Å². The van der Waals surface area contributed by atoms with Crippen LogP contribution in [-0.2, 0) is 6.42 Å². The highest BCUT2D eigenvalue weighted by atomic mass is 127. The van der Waals surface area contributed by atoms with Gasteiger partial charge >= 0.3 is 0 Å². The molecule has 0 spiro atoms. The maximum atomic E-state index is 12.4. The molecule has 0 N–H and O–H groups in total. The maximum Gasteiger partial charge on any atom is 0.142 e. The van der Waals surface area contributed by atoms with Gasteiger partial charge in [-0.3, -0.25) is 4.98 Å². The van der Waals surface area contributed by atoms with Gasteiger partial charge in [-0.1, -0.05) is 6.92 Å². The molecule has 1 aromatic heterocycles. The van der Waals surface area contributed by atoms with Crippen molar-refractivity contribution in [2.45, 2.75) is 13.3 Å². The normalized spacial score (nSPS) is 9.90. The fraction of sp³-hybridized carbons (Fsp3) is 0.286. The van der Waals surface area contributed by atoms with Crippen molar-refractivity contribution in [1.82, 2.24) is 4.98 Å². The van der Waals surface area contributed by atoms with Crippen LogP contribution in [0.25, 0.3) is 0 Å². The number of hydrogen-bond acceptors (Lipinski definition) is 1. The average molecular weight is 251 g/mol. The van der Waals surface area contributed by atoms with Crippen LogP contribution in [0.5, 0.6) is 0 Å². The van der Waals surface area contributed by atoms with Crippen LogP contribution in [0, 0.1) is 9.39 Å². The van der Waals surface area contributed by atoms with Gasteiger partial charge in [0.25, 0.3) is 0 Å². The number of pyridine rings is 1. The van der Waals surface area contributed by atoms with E-state index in [1.165, 1.54) is 12.3 Å². The summed E-state index contributed by atoms with van der Waals surface area (Å²) in [4.78, 5) is 3.91. The molecule has 0 aliphatic rings. The first-order chi connectivity index (χ1) is 4.74. The predicted molar refractivity (Wildman–Crippen MR) is 46.3 cm³/mol. The molecule has 0 radical (unpaired) electrons. The van der Waals surface area contributed by atoms with Crippen molar-refractivity contribution in [3.63, 3.8) is 0 Å². The lowest BCUT2D eigenvalue weighted by atomic mass is 10.3. The third kappa shape index (κ3) is 1.65. The quantitative estimate of drug-likeness (QED) is 0.698. The molecule has 0 amide bonds. The van der Waals surface area contributed by atoms with E-state index in [-0.39, 0.29) is 5.82 Å². The molecule has 0 aliphatic heterocycles. The molecule has 54 valence electrons. The summed E-state index contributed by atoms with van der Waals surface area (Å²) < 4.78 is 13.3. The van der Waals surface area contributed by atoms with E-state index in [1.54, 1.807) is 0 Å². The minimum Gasteiger partial charge on any atom is -0.257 e. The molecule has 1 nitrogen and oxygen atoms in total. The van der Waals surface area contributed by atoms with E-state index in [0.717, 1.165) is 15.7 Å². The number of halogens is 2. The number of rotatable bonds is 1. The van der Waals surface area contributed by atoms with Crippen molar-refractivity contribution >= 4 is 22.6 Å². The molecule has 3 heteroatoms. The molecule has 1 heterocycles. The Balaban J connectivity index is 3.07. The van der Waals surface area contributed by atoms with E-state index >= 15 is 0 Å². The SMILES string of the molecule is CCc1ncc(F)cc1I. The van der Waals surface area contributed by atoms with E-state index in [0.29, 0.717) is 0 Å². The molecule has 0 fully saturated rings. The molecule has 0 saturated carbocycles. The Labute approximate surface area is 72.8 Å². The predicted octanol–water partition coefficient (Wildman–Crippen LogP) is 2.39. The van der Waals surface area contributed by atoms with Gasteiger partial charge in [-0.15, -0.1) is 0 Å². The zero-order valence-corrected chi connectivity index (χ0v) is 7.72. The fourth-order valence-corrected chi connectivity index (χ4v) is 1.52. The Morgan fingerprint density at radius 1 is 1.70 bits per heavy atom. The van der Waals surface area contributed by atoms with E-state index in [4.69, 9.17) is 0 Å². The van der Waals surface area contributed by atoms with Crippen LogP contribution >= 0.6 is 22.6 Å². The van der Waals surface area contributed by atoms with Gasteiger partial charge in [-0.25, -0.2) is 4.39 Å². The topological polar surface area (TPSA) is 12.9 Å². The van der Waals surface area contributed by atoms with Crippen molar-refractivity contribution in [3.8, 4) is 0 Å². The van der Waals surface area contributed by atoms with Gasteiger partial charge in [-0.2, -0.15) is 0 Å². The molecule has 1 rings (SSSR count). The number of nitrogens with zero attached hydrogens (tertiary/aromatic N) is 1. The lowest BCUT2D eigenvalue weighted by Gasteiger charge is -1.97. The van der Waals surface area contributed by atoms with E-state index in [2.05, 4.69) is 27.6 Å². The summed E-state index contributed by atoms with van der Waals surface area (Å²) in [6.45, 7) is 2.00. The zero-order chi connectivity index (χ0) is 7.56. The Morgan fingerprint density at radius 2 is 2.40 bits per heavy atom. The van der Waals surface area contributed by atoms with Gasteiger partial charge in [-0.05, 0) is 35.1 Å². The highest BCUT2D eigenvalue weighted by Gasteiger charge is 1.98. The average Bonchev–Trinajstić information content (AvgIpc) is 1.88.